The van der Waals surface area contributed by atoms with Gasteiger partial charge in [-0.3, -0.25) is 4.68 Å². The van der Waals surface area contributed by atoms with Gasteiger partial charge < -0.3 is 9.47 Å². The fourth-order valence-corrected chi connectivity index (χ4v) is 1.80. The van der Waals surface area contributed by atoms with Gasteiger partial charge in [-0.1, -0.05) is 0 Å². The van der Waals surface area contributed by atoms with Gasteiger partial charge >= 0.3 is 5.97 Å². The van der Waals surface area contributed by atoms with Gasteiger partial charge in [-0.15, -0.1) is 0 Å². The number of hydrogen-bond acceptors (Lipinski definition) is 4. The van der Waals surface area contributed by atoms with Gasteiger partial charge in [0, 0.05) is 12.2 Å². The van der Waals surface area contributed by atoms with Crippen LogP contribution < -0.4 is 4.74 Å². The third-order valence-corrected chi connectivity index (χ3v) is 2.94. The summed E-state index contributed by atoms with van der Waals surface area (Å²) in [6, 6.07) is 9.17. The second-order valence-electron chi connectivity index (χ2n) is 4.91. The molecule has 0 atom stereocenters. The predicted molar refractivity (Wildman–Crippen MR) is 79.3 cm³/mol. The lowest BCUT2D eigenvalue weighted by molar-refractivity contribution is 0.0526. The maximum atomic E-state index is 11.5. The minimum absolute atomic E-state index is 0.320. The van der Waals surface area contributed by atoms with E-state index in [0.717, 1.165) is 5.69 Å². The molecule has 112 valence electrons. The molecule has 1 aromatic heterocycles. The Morgan fingerprint density at radius 3 is 2.52 bits per heavy atom. The summed E-state index contributed by atoms with van der Waals surface area (Å²) in [5, 5.41) is 4.41. The molecule has 2 rings (SSSR count). The Kier molecular flexibility index (Phi) is 4.98. The van der Waals surface area contributed by atoms with E-state index in [0.29, 0.717) is 30.6 Å². The molecule has 2 aromatic rings. The summed E-state index contributed by atoms with van der Waals surface area (Å²) in [5.74, 6) is 0.377. The van der Waals surface area contributed by atoms with E-state index in [9.17, 15) is 4.79 Å². The number of aromatic nitrogens is 2. The summed E-state index contributed by atoms with van der Waals surface area (Å²) in [6.07, 6.45) is 1.94. The van der Waals surface area contributed by atoms with E-state index >= 15 is 0 Å². The second kappa shape index (κ2) is 6.92. The highest BCUT2D eigenvalue weighted by atomic mass is 16.5. The Labute approximate surface area is 124 Å². The quantitative estimate of drug-likeness (QED) is 0.766. The predicted octanol–water partition coefficient (Wildman–Crippen LogP) is 3.22. The average molecular weight is 288 g/mol. The summed E-state index contributed by atoms with van der Waals surface area (Å²) < 4.78 is 12.5. The zero-order valence-corrected chi connectivity index (χ0v) is 12.6. The third kappa shape index (κ3) is 4.08. The van der Waals surface area contributed by atoms with Gasteiger partial charge in [0.1, 0.15) is 12.4 Å². The summed E-state index contributed by atoms with van der Waals surface area (Å²) in [6.45, 7) is 6.71. The first-order valence-corrected chi connectivity index (χ1v) is 7.04. The number of carbonyl (C=O) groups excluding carboxylic acids is 1. The van der Waals surface area contributed by atoms with Crippen molar-refractivity contribution in [2.24, 2.45) is 0 Å². The molecule has 0 unspecified atom stereocenters. The SMILES string of the molecule is CCOC(=O)c1ccc(OCc2ccn(C(C)C)n2)cc1. The smallest absolute Gasteiger partial charge is 0.338 e. The van der Waals surface area contributed by atoms with E-state index in [1.165, 1.54) is 0 Å². The van der Waals surface area contributed by atoms with Crippen LogP contribution in [0.15, 0.2) is 36.5 Å². The molecule has 0 N–H and O–H groups in total. The van der Waals surface area contributed by atoms with Gasteiger partial charge in [0.2, 0.25) is 0 Å². The molecular weight excluding hydrogens is 268 g/mol. The molecule has 1 aromatic carbocycles. The molecule has 0 fully saturated rings. The number of ether oxygens (including phenoxy) is 2. The Hall–Kier alpha value is -2.30. The number of benzene rings is 1. The van der Waals surface area contributed by atoms with Crippen molar-refractivity contribution in [2.45, 2.75) is 33.4 Å². The van der Waals surface area contributed by atoms with E-state index < -0.39 is 0 Å². The molecule has 0 bridgehead atoms. The van der Waals surface area contributed by atoms with Crippen LogP contribution in [0, 0.1) is 0 Å². The highest BCUT2D eigenvalue weighted by Gasteiger charge is 2.07. The first-order valence-electron chi connectivity index (χ1n) is 7.04. The minimum Gasteiger partial charge on any atom is -0.487 e. The molecular formula is C16H20N2O3. The fraction of sp³-hybridized carbons (Fsp3) is 0.375. The van der Waals surface area contributed by atoms with Crippen molar-refractivity contribution in [1.82, 2.24) is 9.78 Å². The van der Waals surface area contributed by atoms with E-state index in [1.807, 2.05) is 16.9 Å². The maximum Gasteiger partial charge on any atom is 0.338 e. The van der Waals surface area contributed by atoms with E-state index in [2.05, 4.69) is 18.9 Å². The van der Waals surface area contributed by atoms with Gasteiger partial charge in [-0.05, 0) is 51.1 Å². The number of nitrogens with zero attached hydrogens (tertiary/aromatic N) is 2. The van der Waals surface area contributed by atoms with Crippen LogP contribution in [0.3, 0.4) is 0 Å². The lowest BCUT2D eigenvalue weighted by Crippen LogP contribution is -2.05. The lowest BCUT2D eigenvalue weighted by Gasteiger charge is -2.06. The molecule has 0 saturated heterocycles. The molecule has 0 aliphatic heterocycles. The topological polar surface area (TPSA) is 53.4 Å². The van der Waals surface area contributed by atoms with Crippen molar-refractivity contribution in [3.8, 4) is 5.75 Å². The molecule has 1 heterocycles. The van der Waals surface area contributed by atoms with Crippen LogP contribution in [0.5, 0.6) is 5.75 Å². The Bertz CT molecular complexity index is 588. The minimum atomic E-state index is -0.320. The van der Waals surface area contributed by atoms with Crippen molar-refractivity contribution in [2.75, 3.05) is 6.61 Å². The number of hydrogen-bond donors (Lipinski definition) is 0. The number of rotatable bonds is 6. The van der Waals surface area contributed by atoms with Gasteiger partial charge in [0.05, 0.1) is 17.9 Å². The molecule has 5 heteroatoms. The molecule has 0 aliphatic carbocycles. The number of carbonyl (C=O) groups is 1. The monoisotopic (exact) mass is 288 g/mol. The van der Waals surface area contributed by atoms with Crippen LogP contribution in [0.4, 0.5) is 0 Å². The first-order chi connectivity index (χ1) is 10.1. The van der Waals surface area contributed by atoms with Crippen molar-refractivity contribution >= 4 is 5.97 Å². The van der Waals surface area contributed by atoms with Crippen LogP contribution in [0.25, 0.3) is 0 Å². The zero-order valence-electron chi connectivity index (χ0n) is 12.6. The number of esters is 1. The standard InChI is InChI=1S/C16H20N2O3/c1-4-20-16(19)13-5-7-15(8-6-13)21-11-14-9-10-18(17-14)12(2)3/h5-10,12H,4,11H2,1-3H3. The third-order valence-electron chi connectivity index (χ3n) is 2.94. The van der Waals surface area contributed by atoms with E-state index in [4.69, 9.17) is 9.47 Å². The van der Waals surface area contributed by atoms with Gasteiger partial charge in [-0.25, -0.2) is 4.79 Å². The van der Waals surface area contributed by atoms with E-state index in [1.54, 1.807) is 31.2 Å². The zero-order chi connectivity index (χ0) is 15.2. The summed E-state index contributed by atoms with van der Waals surface area (Å²) in [5.41, 5.74) is 1.39. The lowest BCUT2D eigenvalue weighted by atomic mass is 10.2. The Balaban J connectivity index is 1.92. The molecule has 21 heavy (non-hydrogen) atoms. The van der Waals surface area contributed by atoms with Crippen LogP contribution in [0.1, 0.15) is 42.9 Å². The molecule has 5 nitrogen and oxygen atoms in total. The largest absolute Gasteiger partial charge is 0.487 e. The van der Waals surface area contributed by atoms with Crippen LogP contribution in [-0.2, 0) is 11.3 Å². The molecule has 0 amide bonds. The van der Waals surface area contributed by atoms with Gasteiger partial charge in [0.25, 0.3) is 0 Å². The molecule has 0 aliphatic rings. The summed E-state index contributed by atoms with van der Waals surface area (Å²) in [7, 11) is 0. The molecule has 0 radical (unpaired) electrons. The average Bonchev–Trinajstić information content (AvgIpc) is 2.95. The Morgan fingerprint density at radius 2 is 1.95 bits per heavy atom. The highest BCUT2D eigenvalue weighted by molar-refractivity contribution is 5.89. The van der Waals surface area contributed by atoms with Crippen molar-refractivity contribution < 1.29 is 14.3 Å². The van der Waals surface area contributed by atoms with Crippen LogP contribution >= 0.6 is 0 Å². The molecule has 0 spiro atoms. The van der Waals surface area contributed by atoms with Crippen molar-refractivity contribution in [3.63, 3.8) is 0 Å². The van der Waals surface area contributed by atoms with Gasteiger partial charge in [-0.2, -0.15) is 5.10 Å². The van der Waals surface area contributed by atoms with E-state index in [-0.39, 0.29) is 5.97 Å². The highest BCUT2D eigenvalue weighted by Crippen LogP contribution is 2.15. The van der Waals surface area contributed by atoms with Crippen molar-refractivity contribution in [3.05, 3.63) is 47.8 Å². The van der Waals surface area contributed by atoms with Crippen molar-refractivity contribution in [1.29, 1.82) is 0 Å². The maximum absolute atomic E-state index is 11.5. The normalized spacial score (nSPS) is 10.7. The Morgan fingerprint density at radius 1 is 1.24 bits per heavy atom. The summed E-state index contributed by atoms with van der Waals surface area (Å²) >= 11 is 0. The van der Waals surface area contributed by atoms with Crippen LogP contribution in [-0.4, -0.2) is 22.4 Å². The summed E-state index contributed by atoms with van der Waals surface area (Å²) in [4.78, 5) is 11.5. The second-order valence-corrected chi connectivity index (χ2v) is 4.91. The fourth-order valence-electron chi connectivity index (χ4n) is 1.80. The first kappa shape index (κ1) is 15.1. The molecule has 0 saturated carbocycles. The van der Waals surface area contributed by atoms with Gasteiger partial charge in [0.15, 0.2) is 0 Å². The van der Waals surface area contributed by atoms with Crippen LogP contribution in [0.2, 0.25) is 0 Å².